The van der Waals surface area contributed by atoms with Crippen molar-refractivity contribution in [2.75, 3.05) is 0 Å². The van der Waals surface area contributed by atoms with Crippen molar-refractivity contribution in [2.45, 2.75) is 13.8 Å². The predicted molar refractivity (Wildman–Crippen MR) is 88.8 cm³/mol. The van der Waals surface area contributed by atoms with E-state index in [4.69, 9.17) is 9.84 Å². The molecule has 0 unspecified atom stereocenters. The van der Waals surface area contributed by atoms with Crippen molar-refractivity contribution >= 4 is 5.97 Å². The molecule has 0 atom stereocenters. The zero-order valence-electron chi connectivity index (χ0n) is 13.0. The van der Waals surface area contributed by atoms with E-state index >= 15 is 0 Å². The Morgan fingerprint density at radius 1 is 1.00 bits per heavy atom. The van der Waals surface area contributed by atoms with Gasteiger partial charge in [-0.2, -0.15) is 5.10 Å². The van der Waals surface area contributed by atoms with Gasteiger partial charge in [0.25, 0.3) is 0 Å². The highest BCUT2D eigenvalue weighted by atomic mass is 16.5. The summed E-state index contributed by atoms with van der Waals surface area (Å²) in [7, 11) is 0. The number of ether oxygens (including phenoxy) is 1. The minimum atomic E-state index is -1.01. The van der Waals surface area contributed by atoms with Crippen molar-refractivity contribution < 1.29 is 14.6 Å². The monoisotopic (exact) mass is 310 g/mol. The molecule has 23 heavy (non-hydrogen) atoms. The first-order valence-electron chi connectivity index (χ1n) is 7.34. The summed E-state index contributed by atoms with van der Waals surface area (Å²) in [6.07, 6.45) is 1.30. The van der Waals surface area contributed by atoms with Crippen molar-refractivity contribution in [3.63, 3.8) is 0 Å². The average Bonchev–Trinajstić information content (AvgIpc) is 3.08. The Morgan fingerprint density at radius 3 is 2.22 bits per heavy atom. The van der Waals surface area contributed by atoms with Gasteiger partial charge in [-0.15, -0.1) is 0 Å². The second kappa shape index (κ2) is 7.79. The number of hydrogen-bond acceptors (Lipinski definition) is 3. The molecule has 0 amide bonds. The van der Waals surface area contributed by atoms with Crippen LogP contribution in [0.1, 0.15) is 24.2 Å². The van der Waals surface area contributed by atoms with Gasteiger partial charge in [-0.05, 0) is 36.4 Å². The zero-order valence-corrected chi connectivity index (χ0v) is 13.0. The van der Waals surface area contributed by atoms with Gasteiger partial charge in [0.1, 0.15) is 17.1 Å². The molecule has 1 aromatic heterocycles. The molecular formula is C18H18N2O3. The third-order valence-electron chi connectivity index (χ3n) is 2.99. The first-order valence-corrected chi connectivity index (χ1v) is 7.34. The Bertz CT molecular complexity index is 749. The SMILES string of the molecule is CC.O=C(O)c1cn[nH]c1-c1ccc(Oc2ccccc2)cc1. The molecule has 5 heteroatoms. The van der Waals surface area contributed by atoms with E-state index in [1.165, 1.54) is 6.20 Å². The molecule has 0 saturated carbocycles. The smallest absolute Gasteiger partial charge is 0.339 e. The van der Waals surface area contributed by atoms with Crippen LogP contribution in [0.2, 0.25) is 0 Å². The number of aromatic carboxylic acids is 1. The quantitative estimate of drug-likeness (QED) is 0.739. The molecule has 5 nitrogen and oxygen atoms in total. The van der Waals surface area contributed by atoms with Gasteiger partial charge in [0.15, 0.2) is 0 Å². The second-order valence-corrected chi connectivity index (χ2v) is 4.40. The average molecular weight is 310 g/mol. The Hall–Kier alpha value is -3.08. The third-order valence-corrected chi connectivity index (χ3v) is 2.99. The highest BCUT2D eigenvalue weighted by Crippen LogP contribution is 2.26. The van der Waals surface area contributed by atoms with Crippen LogP contribution in [-0.2, 0) is 0 Å². The van der Waals surface area contributed by atoms with Crippen molar-refractivity contribution in [2.24, 2.45) is 0 Å². The Labute approximate surface area is 134 Å². The maximum absolute atomic E-state index is 11.1. The number of para-hydroxylation sites is 1. The maximum Gasteiger partial charge on any atom is 0.339 e. The topological polar surface area (TPSA) is 75.2 Å². The molecule has 2 N–H and O–H groups in total. The Kier molecular flexibility index (Phi) is 5.52. The largest absolute Gasteiger partial charge is 0.478 e. The number of benzene rings is 2. The molecule has 0 spiro atoms. The Balaban J connectivity index is 0.000000924. The molecule has 3 rings (SSSR count). The van der Waals surface area contributed by atoms with Crippen LogP contribution in [0.5, 0.6) is 11.5 Å². The van der Waals surface area contributed by atoms with Gasteiger partial charge >= 0.3 is 5.97 Å². The van der Waals surface area contributed by atoms with Crippen molar-refractivity contribution in [3.05, 3.63) is 66.4 Å². The van der Waals surface area contributed by atoms with Crippen LogP contribution in [0.3, 0.4) is 0 Å². The molecule has 0 aliphatic heterocycles. The number of rotatable bonds is 4. The number of H-pyrrole nitrogens is 1. The molecule has 0 aliphatic rings. The highest BCUT2D eigenvalue weighted by molar-refractivity contribution is 5.94. The summed E-state index contributed by atoms with van der Waals surface area (Å²) in [5.41, 5.74) is 1.37. The molecule has 0 radical (unpaired) electrons. The molecular weight excluding hydrogens is 292 g/mol. The number of carboxylic acids is 1. The van der Waals surface area contributed by atoms with Crippen molar-refractivity contribution in [3.8, 4) is 22.8 Å². The molecule has 3 aromatic rings. The summed E-state index contributed by atoms with van der Waals surface area (Å²) in [5, 5.41) is 15.6. The molecule has 1 heterocycles. The number of carboxylic acid groups (broad SMARTS) is 1. The molecule has 0 fully saturated rings. The van der Waals surface area contributed by atoms with E-state index in [1.807, 2.05) is 44.2 Å². The molecule has 0 bridgehead atoms. The third kappa shape index (κ3) is 3.97. The van der Waals surface area contributed by atoms with E-state index in [0.717, 1.165) is 11.3 Å². The van der Waals surface area contributed by atoms with Crippen LogP contribution >= 0.6 is 0 Å². The van der Waals surface area contributed by atoms with Crippen LogP contribution in [0.15, 0.2) is 60.8 Å². The van der Waals surface area contributed by atoms with Gasteiger partial charge in [-0.25, -0.2) is 4.79 Å². The minimum Gasteiger partial charge on any atom is -0.478 e. The lowest BCUT2D eigenvalue weighted by molar-refractivity contribution is 0.0698. The van der Waals surface area contributed by atoms with E-state index < -0.39 is 5.97 Å². The van der Waals surface area contributed by atoms with Crippen LogP contribution in [0.25, 0.3) is 11.3 Å². The van der Waals surface area contributed by atoms with Gasteiger partial charge in [-0.1, -0.05) is 32.0 Å². The zero-order chi connectivity index (χ0) is 16.7. The first kappa shape index (κ1) is 16.3. The Morgan fingerprint density at radius 2 is 1.61 bits per heavy atom. The maximum atomic E-state index is 11.1. The summed E-state index contributed by atoms with van der Waals surface area (Å²) >= 11 is 0. The predicted octanol–water partition coefficient (Wildman–Crippen LogP) is 4.59. The molecule has 0 aliphatic carbocycles. The summed E-state index contributed by atoms with van der Waals surface area (Å²) in [4.78, 5) is 11.1. The van der Waals surface area contributed by atoms with Gasteiger partial charge in [-0.3, -0.25) is 5.10 Å². The van der Waals surface area contributed by atoms with Gasteiger partial charge in [0, 0.05) is 5.56 Å². The van der Waals surface area contributed by atoms with Crippen molar-refractivity contribution in [1.29, 1.82) is 0 Å². The summed E-state index contributed by atoms with van der Waals surface area (Å²) in [5.74, 6) is 0.419. The lowest BCUT2D eigenvalue weighted by Gasteiger charge is -2.06. The van der Waals surface area contributed by atoms with E-state index in [0.29, 0.717) is 11.4 Å². The van der Waals surface area contributed by atoms with E-state index in [9.17, 15) is 4.79 Å². The van der Waals surface area contributed by atoms with Gasteiger partial charge in [0.05, 0.1) is 11.9 Å². The van der Waals surface area contributed by atoms with Crippen LogP contribution in [-0.4, -0.2) is 21.3 Å². The fraction of sp³-hybridized carbons (Fsp3) is 0.111. The number of carbonyl (C=O) groups is 1. The number of nitrogens with one attached hydrogen (secondary N) is 1. The van der Waals surface area contributed by atoms with Crippen LogP contribution < -0.4 is 4.74 Å². The lowest BCUT2D eigenvalue weighted by Crippen LogP contribution is -1.96. The van der Waals surface area contributed by atoms with E-state index in [2.05, 4.69) is 10.2 Å². The standard InChI is InChI=1S/C16H12N2O3.C2H6/c19-16(20)14-10-17-18-15(14)11-6-8-13(9-7-11)21-12-4-2-1-3-5-12;1-2/h1-10H,(H,17,18)(H,19,20);1-2H3. The number of aromatic nitrogens is 2. The summed E-state index contributed by atoms with van der Waals surface area (Å²) < 4.78 is 5.69. The molecule has 0 saturated heterocycles. The first-order chi connectivity index (χ1) is 11.2. The number of aromatic amines is 1. The number of hydrogen-bond donors (Lipinski definition) is 2. The van der Waals surface area contributed by atoms with Gasteiger partial charge < -0.3 is 9.84 Å². The summed E-state index contributed by atoms with van der Waals surface area (Å²) in [6, 6.07) is 16.6. The van der Waals surface area contributed by atoms with Crippen molar-refractivity contribution in [1.82, 2.24) is 10.2 Å². The minimum absolute atomic E-state index is 0.145. The van der Waals surface area contributed by atoms with E-state index in [1.54, 1.807) is 24.3 Å². The molecule has 2 aromatic carbocycles. The second-order valence-electron chi connectivity index (χ2n) is 4.40. The normalized spacial score (nSPS) is 9.65. The van der Waals surface area contributed by atoms with Gasteiger partial charge in [0.2, 0.25) is 0 Å². The van der Waals surface area contributed by atoms with Crippen LogP contribution in [0, 0.1) is 0 Å². The lowest BCUT2D eigenvalue weighted by atomic mass is 10.1. The highest BCUT2D eigenvalue weighted by Gasteiger charge is 2.13. The van der Waals surface area contributed by atoms with Crippen LogP contribution in [0.4, 0.5) is 0 Å². The fourth-order valence-electron chi connectivity index (χ4n) is 1.98. The molecule has 118 valence electrons. The fourth-order valence-corrected chi connectivity index (χ4v) is 1.98. The summed E-state index contributed by atoms with van der Waals surface area (Å²) in [6.45, 7) is 4.00. The number of nitrogens with zero attached hydrogens (tertiary/aromatic N) is 1. The van der Waals surface area contributed by atoms with E-state index in [-0.39, 0.29) is 5.56 Å².